The first-order chi connectivity index (χ1) is 6.47. The predicted octanol–water partition coefficient (Wildman–Crippen LogP) is 0.895. The number of likely N-dealkylation sites (tertiary alicyclic amines) is 1. The number of nitrogens with zero attached hydrogens (tertiary/aromatic N) is 1. The number of Topliss-reactive ketones (excluding diaryl/α,β-unsaturated/α-hetero) is 1. The maximum atomic E-state index is 12.1. The van der Waals surface area contributed by atoms with Crippen LogP contribution >= 0.6 is 0 Å². The second-order valence-electron chi connectivity index (χ2n) is 4.84. The fourth-order valence-corrected chi connectivity index (χ4v) is 2.01. The van der Waals surface area contributed by atoms with Crippen LogP contribution in [0.2, 0.25) is 0 Å². The topological polar surface area (TPSA) is 32.3 Å². The molecule has 82 valence electrons. The average molecular weight is 198 g/mol. The summed E-state index contributed by atoms with van der Waals surface area (Å²) in [5, 5.41) is 3.09. The minimum Gasteiger partial charge on any atom is -0.308 e. The van der Waals surface area contributed by atoms with E-state index < -0.39 is 0 Å². The van der Waals surface area contributed by atoms with E-state index >= 15 is 0 Å². The number of ketones is 1. The van der Waals surface area contributed by atoms with E-state index in [4.69, 9.17) is 0 Å². The largest absolute Gasteiger partial charge is 0.308 e. The zero-order valence-electron chi connectivity index (χ0n) is 9.76. The molecule has 3 nitrogen and oxygen atoms in total. The number of carbonyl (C=O) groups is 1. The number of hydrogen-bond acceptors (Lipinski definition) is 3. The summed E-state index contributed by atoms with van der Waals surface area (Å²) >= 11 is 0. The van der Waals surface area contributed by atoms with Crippen LogP contribution in [0.3, 0.4) is 0 Å². The van der Waals surface area contributed by atoms with Gasteiger partial charge in [0.05, 0.1) is 5.54 Å². The van der Waals surface area contributed by atoms with Crippen LogP contribution < -0.4 is 5.32 Å². The molecular formula is C11H22N2O. The average Bonchev–Trinajstić information content (AvgIpc) is 2.16. The summed E-state index contributed by atoms with van der Waals surface area (Å²) in [4.78, 5) is 14.4. The van der Waals surface area contributed by atoms with Gasteiger partial charge in [0, 0.05) is 12.5 Å². The fourth-order valence-electron chi connectivity index (χ4n) is 2.01. The molecule has 3 heteroatoms. The summed E-state index contributed by atoms with van der Waals surface area (Å²) < 4.78 is 0. The Morgan fingerprint density at radius 2 is 2.14 bits per heavy atom. The molecule has 1 N–H and O–H groups in total. The lowest BCUT2D eigenvalue weighted by atomic mass is 9.84. The number of rotatable bonds is 3. The molecule has 1 rings (SSSR count). The molecule has 1 saturated heterocycles. The minimum atomic E-state index is -0.372. The van der Waals surface area contributed by atoms with Gasteiger partial charge in [-0.2, -0.15) is 0 Å². The first-order valence-corrected chi connectivity index (χ1v) is 5.39. The second kappa shape index (κ2) is 4.41. The van der Waals surface area contributed by atoms with Gasteiger partial charge in [0.15, 0.2) is 5.78 Å². The molecule has 0 spiro atoms. The van der Waals surface area contributed by atoms with Gasteiger partial charge >= 0.3 is 0 Å². The number of likely N-dealkylation sites (N-methyl/N-ethyl adjacent to an activating group) is 1. The maximum absolute atomic E-state index is 12.1. The third-order valence-corrected chi connectivity index (χ3v) is 3.24. The highest BCUT2D eigenvalue weighted by molar-refractivity contribution is 5.89. The summed E-state index contributed by atoms with van der Waals surface area (Å²) in [5.74, 6) is 0.572. The lowest BCUT2D eigenvalue weighted by Gasteiger charge is -2.33. The highest BCUT2D eigenvalue weighted by Gasteiger charge is 2.33. The zero-order chi connectivity index (χ0) is 10.8. The number of hydrogen-bond donors (Lipinski definition) is 1. The minimum absolute atomic E-state index is 0.219. The normalized spacial score (nSPS) is 25.0. The van der Waals surface area contributed by atoms with Gasteiger partial charge in [-0.25, -0.2) is 0 Å². The van der Waals surface area contributed by atoms with Crippen molar-refractivity contribution >= 4 is 5.78 Å². The third-order valence-electron chi connectivity index (χ3n) is 3.24. The van der Waals surface area contributed by atoms with Crippen LogP contribution in [-0.4, -0.2) is 43.4 Å². The van der Waals surface area contributed by atoms with Crippen LogP contribution in [0.4, 0.5) is 0 Å². The van der Waals surface area contributed by atoms with Crippen molar-refractivity contribution in [2.24, 2.45) is 5.92 Å². The molecule has 1 atom stereocenters. The van der Waals surface area contributed by atoms with Crippen molar-refractivity contribution in [3.63, 3.8) is 0 Å². The lowest BCUT2D eigenvalue weighted by Crippen LogP contribution is -2.51. The highest BCUT2D eigenvalue weighted by atomic mass is 16.1. The molecule has 1 aliphatic rings. The first kappa shape index (κ1) is 11.7. The van der Waals surface area contributed by atoms with Crippen molar-refractivity contribution in [2.75, 3.05) is 27.2 Å². The van der Waals surface area contributed by atoms with Crippen LogP contribution in [0.25, 0.3) is 0 Å². The molecule has 1 aliphatic heterocycles. The molecule has 0 radical (unpaired) electrons. The Labute approximate surface area is 86.9 Å². The number of nitrogens with one attached hydrogen (secondary N) is 1. The number of carbonyl (C=O) groups excluding carboxylic acids is 1. The summed E-state index contributed by atoms with van der Waals surface area (Å²) in [7, 11) is 3.94. The van der Waals surface area contributed by atoms with Gasteiger partial charge in [0.1, 0.15) is 0 Å². The van der Waals surface area contributed by atoms with Gasteiger partial charge in [-0.3, -0.25) is 4.79 Å². The van der Waals surface area contributed by atoms with Crippen molar-refractivity contribution in [1.82, 2.24) is 10.2 Å². The van der Waals surface area contributed by atoms with Crippen LogP contribution in [0.1, 0.15) is 26.7 Å². The van der Waals surface area contributed by atoms with E-state index in [0.717, 1.165) is 25.9 Å². The first-order valence-electron chi connectivity index (χ1n) is 5.39. The Bertz CT molecular complexity index is 213. The molecular weight excluding hydrogens is 176 g/mol. The van der Waals surface area contributed by atoms with Crippen molar-refractivity contribution < 1.29 is 4.79 Å². The van der Waals surface area contributed by atoms with Crippen LogP contribution in [0.5, 0.6) is 0 Å². The van der Waals surface area contributed by atoms with E-state index in [1.807, 2.05) is 20.9 Å². The van der Waals surface area contributed by atoms with Gasteiger partial charge in [-0.15, -0.1) is 0 Å². The quantitative estimate of drug-likeness (QED) is 0.731. The summed E-state index contributed by atoms with van der Waals surface area (Å²) in [6.07, 6.45) is 2.20. The van der Waals surface area contributed by atoms with Crippen molar-refractivity contribution in [3.8, 4) is 0 Å². The Morgan fingerprint density at radius 1 is 1.50 bits per heavy atom. The maximum Gasteiger partial charge on any atom is 0.156 e. The third kappa shape index (κ3) is 2.55. The Kier molecular flexibility index (Phi) is 3.67. The molecule has 1 fully saturated rings. The molecule has 0 aromatic carbocycles. The summed E-state index contributed by atoms with van der Waals surface area (Å²) in [6, 6.07) is 0. The van der Waals surface area contributed by atoms with E-state index in [1.54, 1.807) is 0 Å². The predicted molar refractivity (Wildman–Crippen MR) is 58.4 cm³/mol. The van der Waals surface area contributed by atoms with Crippen molar-refractivity contribution in [2.45, 2.75) is 32.2 Å². The van der Waals surface area contributed by atoms with Crippen molar-refractivity contribution in [3.05, 3.63) is 0 Å². The summed E-state index contributed by atoms with van der Waals surface area (Å²) in [5.41, 5.74) is -0.372. The molecule has 1 unspecified atom stereocenters. The Morgan fingerprint density at radius 3 is 2.64 bits per heavy atom. The highest BCUT2D eigenvalue weighted by Crippen LogP contribution is 2.21. The molecule has 0 saturated carbocycles. The van der Waals surface area contributed by atoms with E-state index in [9.17, 15) is 4.79 Å². The summed E-state index contributed by atoms with van der Waals surface area (Å²) in [6.45, 7) is 5.97. The van der Waals surface area contributed by atoms with E-state index in [1.165, 1.54) is 0 Å². The van der Waals surface area contributed by atoms with Gasteiger partial charge in [0.2, 0.25) is 0 Å². The van der Waals surface area contributed by atoms with E-state index in [2.05, 4.69) is 17.3 Å². The smallest absolute Gasteiger partial charge is 0.156 e. The standard InChI is InChI=1S/C11H22N2O/c1-11(2,12-3)10(14)9-6-5-7-13(4)8-9/h9,12H,5-8H2,1-4H3. The van der Waals surface area contributed by atoms with Gasteiger partial charge < -0.3 is 10.2 Å². The lowest BCUT2D eigenvalue weighted by molar-refractivity contribution is -0.129. The molecule has 0 aromatic heterocycles. The van der Waals surface area contributed by atoms with E-state index in [-0.39, 0.29) is 11.5 Å². The van der Waals surface area contributed by atoms with Crippen LogP contribution in [-0.2, 0) is 4.79 Å². The van der Waals surface area contributed by atoms with Gasteiger partial charge in [-0.1, -0.05) is 0 Å². The zero-order valence-corrected chi connectivity index (χ0v) is 9.76. The molecule has 0 amide bonds. The number of piperidine rings is 1. The SMILES string of the molecule is CNC(C)(C)C(=O)C1CCCN(C)C1. The molecule has 14 heavy (non-hydrogen) atoms. The van der Waals surface area contributed by atoms with E-state index in [0.29, 0.717) is 5.78 Å². The van der Waals surface area contributed by atoms with Crippen molar-refractivity contribution in [1.29, 1.82) is 0 Å². The van der Waals surface area contributed by atoms with Gasteiger partial charge in [-0.05, 0) is 47.3 Å². The molecule has 0 aliphatic carbocycles. The van der Waals surface area contributed by atoms with Gasteiger partial charge in [0.25, 0.3) is 0 Å². The Hall–Kier alpha value is -0.410. The molecule has 1 heterocycles. The Balaban J connectivity index is 2.60. The van der Waals surface area contributed by atoms with Crippen LogP contribution in [0, 0.1) is 5.92 Å². The fraction of sp³-hybridized carbons (Fsp3) is 0.909. The molecule has 0 aromatic rings. The van der Waals surface area contributed by atoms with Crippen LogP contribution in [0.15, 0.2) is 0 Å². The second-order valence-corrected chi connectivity index (χ2v) is 4.84. The molecule has 0 bridgehead atoms. The monoisotopic (exact) mass is 198 g/mol.